The fourth-order valence-corrected chi connectivity index (χ4v) is 1.13. The summed E-state index contributed by atoms with van der Waals surface area (Å²) in [6.07, 6.45) is 0. The Labute approximate surface area is 84.9 Å². The topological polar surface area (TPSA) is 35.8 Å². The summed E-state index contributed by atoms with van der Waals surface area (Å²) in [5.74, 6) is 0. The third kappa shape index (κ3) is 2.63. The van der Waals surface area contributed by atoms with Crippen LogP contribution in [0.25, 0.3) is 0 Å². The lowest BCUT2D eigenvalue weighted by Crippen LogP contribution is -2.03. The van der Waals surface area contributed by atoms with Gasteiger partial charge in [0.25, 0.3) is 0 Å². The summed E-state index contributed by atoms with van der Waals surface area (Å²) in [5, 5.41) is 12.0. The molecule has 0 amide bonds. The number of rotatable bonds is 3. The van der Waals surface area contributed by atoms with Gasteiger partial charge in [-0.1, -0.05) is 18.2 Å². The van der Waals surface area contributed by atoms with Gasteiger partial charge in [-0.15, -0.1) is 0 Å². The van der Waals surface area contributed by atoms with Crippen molar-refractivity contribution in [3.8, 4) is 6.07 Å². The molecule has 2 heteroatoms. The third-order valence-electron chi connectivity index (χ3n) is 1.95. The fraction of sp³-hybridized carbons (Fsp3) is 0.250. The molecule has 0 saturated heterocycles. The molecule has 0 saturated carbocycles. The lowest BCUT2D eigenvalue weighted by atomic mass is 10.1. The first kappa shape index (κ1) is 10.3. The molecule has 14 heavy (non-hydrogen) atoms. The number of hydrogen-bond donors (Lipinski definition) is 1. The summed E-state index contributed by atoms with van der Waals surface area (Å²) in [5.41, 5.74) is 3.91. The monoisotopic (exact) mass is 186 g/mol. The first-order valence-corrected chi connectivity index (χ1v) is 4.52. The molecule has 2 nitrogen and oxygen atoms in total. The second-order valence-corrected chi connectivity index (χ2v) is 3.45. The van der Waals surface area contributed by atoms with Crippen molar-refractivity contribution in [2.75, 3.05) is 11.9 Å². The molecule has 0 fully saturated rings. The average Bonchev–Trinajstić information content (AvgIpc) is 2.16. The number of nitriles is 1. The predicted octanol–water partition coefficient (Wildman–Crippen LogP) is 2.85. The normalized spacial score (nSPS) is 9.21. The molecule has 0 bridgehead atoms. The van der Waals surface area contributed by atoms with Gasteiger partial charge in [-0.25, -0.2) is 0 Å². The van der Waals surface area contributed by atoms with E-state index in [1.807, 2.05) is 32.0 Å². The highest BCUT2D eigenvalue weighted by Gasteiger charge is 1.98. The smallest absolute Gasteiger partial charge is 0.0992 e. The largest absolute Gasteiger partial charge is 0.381 e. The van der Waals surface area contributed by atoms with Crippen LogP contribution in [0, 0.1) is 18.3 Å². The molecule has 0 unspecified atom stereocenters. The fourth-order valence-electron chi connectivity index (χ4n) is 1.13. The molecule has 1 N–H and O–H groups in total. The van der Waals surface area contributed by atoms with Gasteiger partial charge in [0, 0.05) is 12.2 Å². The molecule has 1 aromatic carbocycles. The zero-order valence-electron chi connectivity index (χ0n) is 8.59. The lowest BCUT2D eigenvalue weighted by molar-refractivity contribution is 1.20. The van der Waals surface area contributed by atoms with Crippen molar-refractivity contribution in [2.45, 2.75) is 13.8 Å². The number of nitrogens with one attached hydrogen (secondary N) is 1. The van der Waals surface area contributed by atoms with E-state index in [9.17, 15) is 0 Å². The molecule has 0 aliphatic heterocycles. The molecule has 0 atom stereocenters. The molecule has 0 radical (unpaired) electrons. The van der Waals surface area contributed by atoms with Crippen molar-refractivity contribution in [2.24, 2.45) is 0 Å². The van der Waals surface area contributed by atoms with Gasteiger partial charge in [0.2, 0.25) is 0 Å². The van der Waals surface area contributed by atoms with Gasteiger partial charge >= 0.3 is 0 Å². The maximum Gasteiger partial charge on any atom is 0.0992 e. The van der Waals surface area contributed by atoms with Crippen LogP contribution in [0.1, 0.15) is 18.1 Å². The maximum absolute atomic E-state index is 8.74. The minimum atomic E-state index is 0.680. The molecule has 1 rings (SSSR count). The van der Waals surface area contributed by atoms with E-state index in [1.54, 1.807) is 0 Å². The first-order valence-electron chi connectivity index (χ1n) is 4.52. The van der Waals surface area contributed by atoms with Crippen LogP contribution in [0.3, 0.4) is 0 Å². The Hall–Kier alpha value is -1.75. The second kappa shape index (κ2) is 4.48. The van der Waals surface area contributed by atoms with Gasteiger partial charge in [0.15, 0.2) is 0 Å². The SMILES string of the molecule is C=C(C)CNc1cc(C#N)ccc1C. The Balaban J connectivity index is 2.85. The number of nitrogens with zero attached hydrogens (tertiary/aromatic N) is 1. The zero-order chi connectivity index (χ0) is 10.6. The lowest BCUT2D eigenvalue weighted by Gasteiger charge is -2.09. The van der Waals surface area contributed by atoms with Gasteiger partial charge in [0.1, 0.15) is 0 Å². The van der Waals surface area contributed by atoms with Crippen molar-refractivity contribution < 1.29 is 0 Å². The predicted molar refractivity (Wildman–Crippen MR) is 59.2 cm³/mol. The van der Waals surface area contributed by atoms with E-state index in [-0.39, 0.29) is 0 Å². The summed E-state index contributed by atoms with van der Waals surface area (Å²) < 4.78 is 0. The summed E-state index contributed by atoms with van der Waals surface area (Å²) in [6, 6.07) is 7.74. The average molecular weight is 186 g/mol. The Kier molecular flexibility index (Phi) is 3.30. The van der Waals surface area contributed by atoms with Crippen molar-refractivity contribution in [3.63, 3.8) is 0 Å². The Morgan fingerprint density at radius 1 is 1.57 bits per heavy atom. The molecular formula is C12H14N2. The van der Waals surface area contributed by atoms with E-state index in [2.05, 4.69) is 18.0 Å². The van der Waals surface area contributed by atoms with Crippen LogP contribution in [0.5, 0.6) is 0 Å². The number of anilines is 1. The van der Waals surface area contributed by atoms with Gasteiger partial charge in [-0.05, 0) is 31.5 Å². The third-order valence-corrected chi connectivity index (χ3v) is 1.95. The summed E-state index contributed by atoms with van der Waals surface area (Å²) in [6.45, 7) is 8.55. The van der Waals surface area contributed by atoms with Crippen LogP contribution in [-0.2, 0) is 0 Å². The molecule has 0 spiro atoms. The molecule has 72 valence electrons. The van der Waals surface area contributed by atoms with Crippen LogP contribution in [0.2, 0.25) is 0 Å². The molecule has 0 aromatic heterocycles. The van der Waals surface area contributed by atoms with Crippen LogP contribution < -0.4 is 5.32 Å². The molecule has 0 aliphatic carbocycles. The van der Waals surface area contributed by atoms with E-state index < -0.39 is 0 Å². The van der Waals surface area contributed by atoms with E-state index >= 15 is 0 Å². The van der Waals surface area contributed by atoms with Crippen LogP contribution in [0.4, 0.5) is 5.69 Å². The number of benzene rings is 1. The zero-order valence-corrected chi connectivity index (χ0v) is 8.59. The van der Waals surface area contributed by atoms with Crippen molar-refractivity contribution >= 4 is 5.69 Å². The van der Waals surface area contributed by atoms with E-state index in [4.69, 9.17) is 5.26 Å². The van der Waals surface area contributed by atoms with Crippen LogP contribution in [-0.4, -0.2) is 6.54 Å². The highest BCUT2D eigenvalue weighted by atomic mass is 14.9. The van der Waals surface area contributed by atoms with E-state index in [0.29, 0.717) is 5.56 Å². The number of aryl methyl sites for hydroxylation is 1. The van der Waals surface area contributed by atoms with Gasteiger partial charge in [-0.2, -0.15) is 5.26 Å². The van der Waals surface area contributed by atoms with Crippen LogP contribution >= 0.6 is 0 Å². The van der Waals surface area contributed by atoms with Gasteiger partial charge in [-0.3, -0.25) is 0 Å². The Bertz CT molecular complexity index is 386. The van der Waals surface area contributed by atoms with Gasteiger partial charge in [0.05, 0.1) is 11.6 Å². The molecule has 0 aliphatic rings. The van der Waals surface area contributed by atoms with E-state index in [1.165, 1.54) is 0 Å². The Morgan fingerprint density at radius 2 is 2.29 bits per heavy atom. The highest BCUT2D eigenvalue weighted by Crippen LogP contribution is 2.16. The molecular weight excluding hydrogens is 172 g/mol. The van der Waals surface area contributed by atoms with Crippen molar-refractivity contribution in [3.05, 3.63) is 41.5 Å². The maximum atomic E-state index is 8.74. The van der Waals surface area contributed by atoms with Crippen molar-refractivity contribution in [1.29, 1.82) is 5.26 Å². The van der Waals surface area contributed by atoms with E-state index in [0.717, 1.165) is 23.4 Å². The van der Waals surface area contributed by atoms with Gasteiger partial charge < -0.3 is 5.32 Å². The highest BCUT2D eigenvalue weighted by molar-refractivity contribution is 5.55. The second-order valence-electron chi connectivity index (χ2n) is 3.45. The minimum Gasteiger partial charge on any atom is -0.381 e. The summed E-state index contributed by atoms with van der Waals surface area (Å²) in [7, 11) is 0. The Morgan fingerprint density at radius 3 is 2.86 bits per heavy atom. The summed E-state index contributed by atoms with van der Waals surface area (Å²) >= 11 is 0. The van der Waals surface area contributed by atoms with Crippen LogP contribution in [0.15, 0.2) is 30.4 Å². The molecule has 0 heterocycles. The van der Waals surface area contributed by atoms with Crippen molar-refractivity contribution in [1.82, 2.24) is 0 Å². The number of hydrogen-bond acceptors (Lipinski definition) is 2. The summed E-state index contributed by atoms with van der Waals surface area (Å²) in [4.78, 5) is 0. The quantitative estimate of drug-likeness (QED) is 0.737. The molecule has 1 aromatic rings. The minimum absolute atomic E-state index is 0.680. The first-order chi connectivity index (χ1) is 6.63. The standard InChI is InChI=1S/C12H14N2/c1-9(2)8-14-12-6-11(7-13)5-4-10(12)3/h4-6,14H,1,8H2,2-3H3.